The van der Waals surface area contributed by atoms with Crippen LogP contribution in [0, 0.1) is 0 Å². The summed E-state index contributed by atoms with van der Waals surface area (Å²) < 4.78 is 5.71. The summed E-state index contributed by atoms with van der Waals surface area (Å²) >= 11 is 3.16. The van der Waals surface area contributed by atoms with Gasteiger partial charge in [-0.05, 0) is 28.1 Å². The molecule has 1 heterocycles. The van der Waals surface area contributed by atoms with Gasteiger partial charge in [0.05, 0.1) is 4.47 Å². The molecule has 0 aliphatic rings. The maximum Gasteiger partial charge on any atom is 0.328 e. The molecule has 0 radical (unpaired) electrons. The third-order valence-corrected chi connectivity index (χ3v) is 1.39. The highest BCUT2D eigenvalue weighted by Gasteiger charge is 1.94. The molecular formula is C7H5BrO3. The van der Waals surface area contributed by atoms with Crippen LogP contribution >= 0.6 is 15.9 Å². The van der Waals surface area contributed by atoms with E-state index in [2.05, 4.69) is 15.9 Å². The first-order chi connectivity index (χ1) is 5.18. The van der Waals surface area contributed by atoms with Gasteiger partial charge in [0, 0.05) is 6.08 Å². The predicted octanol–water partition coefficient (Wildman–Crippen LogP) is 2.14. The van der Waals surface area contributed by atoms with E-state index in [-0.39, 0.29) is 0 Å². The van der Waals surface area contributed by atoms with Crippen LogP contribution < -0.4 is 0 Å². The van der Waals surface area contributed by atoms with Crippen LogP contribution in [0.3, 0.4) is 0 Å². The molecule has 1 rings (SSSR count). The van der Waals surface area contributed by atoms with Crippen LogP contribution in [0.25, 0.3) is 6.08 Å². The van der Waals surface area contributed by atoms with E-state index in [4.69, 9.17) is 9.52 Å². The van der Waals surface area contributed by atoms with Gasteiger partial charge in [-0.15, -0.1) is 0 Å². The fourth-order valence-electron chi connectivity index (χ4n) is 0.569. The van der Waals surface area contributed by atoms with E-state index in [0.29, 0.717) is 5.76 Å². The van der Waals surface area contributed by atoms with Gasteiger partial charge < -0.3 is 9.52 Å². The van der Waals surface area contributed by atoms with Gasteiger partial charge in [0.25, 0.3) is 0 Å². The van der Waals surface area contributed by atoms with E-state index >= 15 is 0 Å². The first-order valence-corrected chi connectivity index (χ1v) is 3.63. The monoisotopic (exact) mass is 216 g/mol. The van der Waals surface area contributed by atoms with E-state index in [9.17, 15) is 4.79 Å². The van der Waals surface area contributed by atoms with Crippen LogP contribution in [0.15, 0.2) is 27.3 Å². The summed E-state index contributed by atoms with van der Waals surface area (Å²) in [4.78, 5) is 10.0. The summed E-state index contributed by atoms with van der Waals surface area (Å²) in [6.07, 6.45) is 3.89. The molecule has 1 aromatic rings. The zero-order valence-corrected chi connectivity index (χ0v) is 7.04. The highest BCUT2D eigenvalue weighted by Crippen LogP contribution is 2.14. The van der Waals surface area contributed by atoms with Gasteiger partial charge in [-0.1, -0.05) is 0 Å². The summed E-state index contributed by atoms with van der Waals surface area (Å²) in [6, 6.07) is 1.68. The van der Waals surface area contributed by atoms with E-state index in [1.807, 2.05) is 0 Å². The van der Waals surface area contributed by atoms with Crippen LogP contribution in [-0.4, -0.2) is 11.1 Å². The molecule has 1 N–H and O–H groups in total. The molecule has 3 nitrogen and oxygen atoms in total. The molecule has 1 aromatic heterocycles. The van der Waals surface area contributed by atoms with Crippen LogP contribution in [0.5, 0.6) is 0 Å². The average Bonchev–Trinajstić information content (AvgIpc) is 2.31. The van der Waals surface area contributed by atoms with E-state index in [1.165, 1.54) is 12.3 Å². The Hall–Kier alpha value is -1.03. The molecule has 0 bridgehead atoms. The number of carboxylic acid groups (broad SMARTS) is 1. The largest absolute Gasteiger partial charge is 0.478 e. The maximum atomic E-state index is 10.0. The summed E-state index contributed by atoms with van der Waals surface area (Å²) in [5.74, 6) is -0.475. The molecule has 0 unspecified atom stereocenters. The lowest BCUT2D eigenvalue weighted by Gasteiger charge is -1.79. The molecule has 4 heteroatoms. The first-order valence-electron chi connectivity index (χ1n) is 2.83. The Morgan fingerprint density at radius 2 is 2.45 bits per heavy atom. The Balaban J connectivity index is 2.71. The first kappa shape index (κ1) is 8.07. The Kier molecular flexibility index (Phi) is 2.48. The molecule has 0 spiro atoms. The minimum Gasteiger partial charge on any atom is -0.478 e. The topological polar surface area (TPSA) is 50.4 Å². The Labute approximate surface area is 71.5 Å². The van der Waals surface area contributed by atoms with Crippen molar-refractivity contribution in [2.45, 2.75) is 0 Å². The number of rotatable bonds is 2. The molecule has 0 saturated carbocycles. The lowest BCUT2D eigenvalue weighted by molar-refractivity contribution is -0.131. The van der Waals surface area contributed by atoms with Crippen LogP contribution in [0.4, 0.5) is 0 Å². The van der Waals surface area contributed by atoms with Crippen LogP contribution in [0.2, 0.25) is 0 Å². The number of hydrogen-bond acceptors (Lipinski definition) is 2. The molecule has 11 heavy (non-hydrogen) atoms. The number of carbonyl (C=O) groups is 1. The number of furan rings is 1. The lowest BCUT2D eigenvalue weighted by atomic mass is 10.4. The minimum absolute atomic E-state index is 0.513. The average molecular weight is 217 g/mol. The quantitative estimate of drug-likeness (QED) is 0.772. The number of hydrogen-bond donors (Lipinski definition) is 1. The van der Waals surface area contributed by atoms with Crippen LogP contribution in [0.1, 0.15) is 5.76 Å². The smallest absolute Gasteiger partial charge is 0.328 e. The Morgan fingerprint density at radius 1 is 1.73 bits per heavy atom. The van der Waals surface area contributed by atoms with E-state index in [0.717, 1.165) is 10.5 Å². The molecule has 0 aliphatic carbocycles. The zero-order chi connectivity index (χ0) is 8.27. The van der Waals surface area contributed by atoms with Crippen molar-refractivity contribution in [3.05, 3.63) is 28.6 Å². The SMILES string of the molecule is O=C(O)/C=C/c1cc(Br)co1. The molecule has 0 fully saturated rings. The normalized spacial score (nSPS) is 10.6. The van der Waals surface area contributed by atoms with Crippen molar-refractivity contribution in [1.29, 1.82) is 0 Å². The van der Waals surface area contributed by atoms with Gasteiger partial charge in [-0.3, -0.25) is 0 Å². The summed E-state index contributed by atoms with van der Waals surface area (Å²) in [5.41, 5.74) is 0. The van der Waals surface area contributed by atoms with Gasteiger partial charge in [0.2, 0.25) is 0 Å². The number of halogens is 1. The number of aliphatic carboxylic acids is 1. The summed E-state index contributed by atoms with van der Waals surface area (Å²) in [7, 11) is 0. The van der Waals surface area contributed by atoms with Crippen molar-refractivity contribution in [2.24, 2.45) is 0 Å². The van der Waals surface area contributed by atoms with Crippen molar-refractivity contribution in [2.75, 3.05) is 0 Å². The maximum absolute atomic E-state index is 10.0. The van der Waals surface area contributed by atoms with E-state index < -0.39 is 5.97 Å². The third-order valence-electron chi connectivity index (χ3n) is 0.978. The highest BCUT2D eigenvalue weighted by atomic mass is 79.9. The fourth-order valence-corrected chi connectivity index (χ4v) is 0.888. The molecule has 0 amide bonds. The highest BCUT2D eigenvalue weighted by molar-refractivity contribution is 9.10. The second-order valence-corrected chi connectivity index (χ2v) is 2.75. The molecule has 0 aromatic carbocycles. The Morgan fingerprint density at radius 3 is 2.91 bits per heavy atom. The predicted molar refractivity (Wildman–Crippen MR) is 43.1 cm³/mol. The van der Waals surface area contributed by atoms with Gasteiger partial charge in [0.1, 0.15) is 12.0 Å². The molecule has 0 atom stereocenters. The van der Waals surface area contributed by atoms with Crippen molar-refractivity contribution in [1.82, 2.24) is 0 Å². The number of carboxylic acids is 1. The van der Waals surface area contributed by atoms with Crippen molar-refractivity contribution >= 4 is 28.0 Å². The Bertz CT molecular complexity index is 288. The van der Waals surface area contributed by atoms with Crippen molar-refractivity contribution in [3.8, 4) is 0 Å². The zero-order valence-electron chi connectivity index (χ0n) is 5.45. The molecular weight excluding hydrogens is 212 g/mol. The van der Waals surface area contributed by atoms with Gasteiger partial charge in [0.15, 0.2) is 0 Å². The van der Waals surface area contributed by atoms with Gasteiger partial charge >= 0.3 is 5.97 Å². The molecule has 0 aliphatic heterocycles. The second-order valence-electron chi connectivity index (χ2n) is 1.84. The third kappa shape index (κ3) is 2.59. The standard InChI is InChI=1S/C7H5BrO3/c8-5-3-6(11-4-5)1-2-7(9)10/h1-4H,(H,9,10)/b2-1+. The van der Waals surface area contributed by atoms with Gasteiger partial charge in [-0.25, -0.2) is 4.79 Å². The van der Waals surface area contributed by atoms with E-state index in [1.54, 1.807) is 6.07 Å². The molecule has 0 saturated heterocycles. The van der Waals surface area contributed by atoms with Gasteiger partial charge in [-0.2, -0.15) is 0 Å². The second kappa shape index (κ2) is 3.39. The van der Waals surface area contributed by atoms with Crippen molar-refractivity contribution in [3.63, 3.8) is 0 Å². The summed E-state index contributed by atoms with van der Waals surface area (Å²) in [5, 5.41) is 8.24. The van der Waals surface area contributed by atoms with Crippen LogP contribution in [-0.2, 0) is 4.79 Å². The molecule has 58 valence electrons. The van der Waals surface area contributed by atoms with Crippen molar-refractivity contribution < 1.29 is 14.3 Å². The lowest BCUT2D eigenvalue weighted by Crippen LogP contribution is -1.84. The summed E-state index contributed by atoms with van der Waals surface area (Å²) in [6.45, 7) is 0. The minimum atomic E-state index is -0.988. The fraction of sp³-hybridized carbons (Fsp3) is 0.